The minimum absolute atomic E-state index is 0.293. The van der Waals surface area contributed by atoms with E-state index in [2.05, 4.69) is 22.0 Å². The molecule has 0 aliphatic carbocycles. The number of nitriles is 1. The van der Waals surface area contributed by atoms with Gasteiger partial charge in [0.2, 0.25) is 5.91 Å². The Hall–Kier alpha value is -1.58. The molecule has 1 fully saturated rings. The highest BCUT2D eigenvalue weighted by Crippen LogP contribution is 2.29. The van der Waals surface area contributed by atoms with Crippen LogP contribution < -0.4 is 10.6 Å². The zero-order valence-electron chi connectivity index (χ0n) is 9.60. The highest BCUT2D eigenvalue weighted by atomic mass is 79.9. The van der Waals surface area contributed by atoms with Gasteiger partial charge in [-0.15, -0.1) is 0 Å². The third kappa shape index (κ3) is 2.47. The van der Waals surface area contributed by atoms with Crippen LogP contribution in [0.5, 0.6) is 0 Å². The molecule has 1 amide bonds. The summed E-state index contributed by atoms with van der Waals surface area (Å²) in [7, 11) is 0. The van der Waals surface area contributed by atoms with Crippen molar-refractivity contribution in [3.05, 3.63) is 28.2 Å². The maximum absolute atomic E-state index is 11.4. The fraction of sp³-hybridized carbons (Fsp3) is 0.333. The number of carbonyl (C=O) groups is 1. The third-order valence-corrected chi connectivity index (χ3v) is 3.48. The number of hydrogen-bond donors (Lipinski definition) is 1. The molecule has 5 nitrogen and oxygen atoms in total. The van der Waals surface area contributed by atoms with Crippen molar-refractivity contribution in [3.8, 4) is 6.07 Å². The molecule has 94 valence electrons. The number of nitrogens with zero attached hydrogens (tertiary/aromatic N) is 2. The Morgan fingerprint density at radius 1 is 1.61 bits per heavy atom. The molecule has 18 heavy (non-hydrogen) atoms. The van der Waals surface area contributed by atoms with Crippen LogP contribution in [0.2, 0.25) is 0 Å². The standard InChI is InChI=1S/C12H12BrN3O2/c13-9-5-8(6-14)1-2-10(9)16-3-4-18-7-11(16)12(15)17/h1-2,5,11H,3-4,7H2,(H2,15,17). The second-order valence-electron chi connectivity index (χ2n) is 3.96. The first kappa shape index (κ1) is 12.9. The van der Waals surface area contributed by atoms with Gasteiger partial charge in [0.25, 0.3) is 0 Å². The van der Waals surface area contributed by atoms with Crippen molar-refractivity contribution >= 4 is 27.5 Å². The maximum atomic E-state index is 11.4. The number of primary amides is 1. The van der Waals surface area contributed by atoms with Gasteiger partial charge in [-0.25, -0.2) is 0 Å². The highest BCUT2D eigenvalue weighted by molar-refractivity contribution is 9.10. The van der Waals surface area contributed by atoms with Gasteiger partial charge in [-0.3, -0.25) is 4.79 Å². The minimum atomic E-state index is -0.469. The van der Waals surface area contributed by atoms with E-state index in [-0.39, 0.29) is 0 Å². The molecule has 1 heterocycles. The van der Waals surface area contributed by atoms with Crippen LogP contribution in [0.3, 0.4) is 0 Å². The molecule has 1 aromatic rings. The Bertz CT molecular complexity index is 513. The quantitative estimate of drug-likeness (QED) is 0.884. The minimum Gasteiger partial charge on any atom is -0.377 e. The molecule has 0 aromatic heterocycles. The monoisotopic (exact) mass is 309 g/mol. The summed E-state index contributed by atoms with van der Waals surface area (Å²) in [6, 6.07) is 6.85. The van der Waals surface area contributed by atoms with E-state index >= 15 is 0 Å². The Morgan fingerprint density at radius 3 is 3.00 bits per heavy atom. The summed E-state index contributed by atoms with van der Waals surface area (Å²) >= 11 is 3.41. The van der Waals surface area contributed by atoms with Crippen LogP contribution in [0.4, 0.5) is 5.69 Å². The maximum Gasteiger partial charge on any atom is 0.242 e. The lowest BCUT2D eigenvalue weighted by Gasteiger charge is -2.35. The number of morpholine rings is 1. The summed E-state index contributed by atoms with van der Waals surface area (Å²) in [5.74, 6) is -0.411. The van der Waals surface area contributed by atoms with E-state index in [4.69, 9.17) is 15.7 Å². The number of benzene rings is 1. The van der Waals surface area contributed by atoms with E-state index in [0.29, 0.717) is 25.3 Å². The molecule has 2 rings (SSSR count). The number of nitrogens with two attached hydrogens (primary N) is 1. The predicted molar refractivity (Wildman–Crippen MR) is 70.0 cm³/mol. The van der Waals surface area contributed by atoms with E-state index in [9.17, 15) is 4.79 Å². The lowest BCUT2D eigenvalue weighted by atomic mass is 10.1. The van der Waals surface area contributed by atoms with E-state index in [1.54, 1.807) is 12.1 Å². The first-order valence-corrected chi connectivity index (χ1v) is 6.26. The number of rotatable bonds is 2. The number of halogens is 1. The van der Waals surface area contributed by atoms with Gasteiger partial charge in [-0.05, 0) is 34.1 Å². The number of carbonyl (C=O) groups excluding carboxylic acids is 1. The molecule has 1 unspecified atom stereocenters. The lowest BCUT2D eigenvalue weighted by Crippen LogP contribution is -2.52. The molecule has 1 aliphatic rings. The number of ether oxygens (including phenoxy) is 1. The summed E-state index contributed by atoms with van der Waals surface area (Å²) in [6.45, 7) is 1.44. The molecule has 0 radical (unpaired) electrons. The van der Waals surface area contributed by atoms with E-state index < -0.39 is 11.9 Å². The number of amides is 1. The van der Waals surface area contributed by atoms with Gasteiger partial charge >= 0.3 is 0 Å². The molecule has 0 spiro atoms. The van der Waals surface area contributed by atoms with Crippen molar-refractivity contribution in [3.63, 3.8) is 0 Å². The Kier molecular flexibility index (Phi) is 3.84. The van der Waals surface area contributed by atoms with Crippen molar-refractivity contribution in [1.29, 1.82) is 5.26 Å². The van der Waals surface area contributed by atoms with Crippen molar-refractivity contribution < 1.29 is 9.53 Å². The summed E-state index contributed by atoms with van der Waals surface area (Å²) in [5, 5.41) is 8.82. The first-order valence-electron chi connectivity index (χ1n) is 5.47. The van der Waals surface area contributed by atoms with Crippen molar-refractivity contribution in [2.45, 2.75) is 6.04 Å². The van der Waals surface area contributed by atoms with Crippen LogP contribution in [-0.4, -0.2) is 31.7 Å². The second-order valence-corrected chi connectivity index (χ2v) is 4.82. The third-order valence-electron chi connectivity index (χ3n) is 2.84. The molecular formula is C12H12BrN3O2. The smallest absolute Gasteiger partial charge is 0.242 e. The van der Waals surface area contributed by atoms with E-state index in [1.165, 1.54) is 0 Å². The summed E-state index contributed by atoms with van der Waals surface area (Å²) < 4.78 is 6.04. The largest absolute Gasteiger partial charge is 0.377 e. The molecule has 1 atom stereocenters. The Labute approximate surface area is 113 Å². The van der Waals surface area contributed by atoms with Crippen LogP contribution in [0.1, 0.15) is 5.56 Å². The Balaban J connectivity index is 2.34. The van der Waals surface area contributed by atoms with Crippen LogP contribution in [0.25, 0.3) is 0 Å². The van der Waals surface area contributed by atoms with Crippen LogP contribution in [0.15, 0.2) is 22.7 Å². The zero-order chi connectivity index (χ0) is 13.1. The summed E-state index contributed by atoms with van der Waals surface area (Å²) in [5.41, 5.74) is 6.79. The normalized spacial score (nSPS) is 19.3. The average Bonchev–Trinajstić information content (AvgIpc) is 2.38. The van der Waals surface area contributed by atoms with Crippen molar-refractivity contribution in [2.75, 3.05) is 24.7 Å². The SMILES string of the molecule is N#Cc1ccc(N2CCOCC2C(N)=O)c(Br)c1. The molecule has 6 heteroatoms. The van der Waals surface area contributed by atoms with Crippen molar-refractivity contribution in [2.24, 2.45) is 5.73 Å². The van der Waals surface area contributed by atoms with Gasteiger partial charge in [-0.1, -0.05) is 0 Å². The van der Waals surface area contributed by atoms with Gasteiger partial charge in [0.15, 0.2) is 0 Å². The van der Waals surface area contributed by atoms with Gasteiger partial charge in [0, 0.05) is 11.0 Å². The average molecular weight is 310 g/mol. The molecular weight excluding hydrogens is 298 g/mol. The number of anilines is 1. The molecule has 0 bridgehead atoms. The summed E-state index contributed by atoms with van der Waals surface area (Å²) in [6.07, 6.45) is 0. The molecule has 1 aromatic carbocycles. The van der Waals surface area contributed by atoms with E-state index in [1.807, 2.05) is 11.0 Å². The molecule has 2 N–H and O–H groups in total. The topological polar surface area (TPSA) is 79.3 Å². The zero-order valence-corrected chi connectivity index (χ0v) is 11.2. The molecule has 1 aliphatic heterocycles. The van der Waals surface area contributed by atoms with Crippen molar-refractivity contribution in [1.82, 2.24) is 0 Å². The predicted octanol–water partition coefficient (Wildman–Crippen LogP) is 1.01. The first-order chi connectivity index (χ1) is 8.63. The lowest BCUT2D eigenvalue weighted by molar-refractivity contribution is -0.121. The van der Waals surface area contributed by atoms with Gasteiger partial charge in [-0.2, -0.15) is 5.26 Å². The molecule has 0 saturated carbocycles. The van der Waals surface area contributed by atoms with Crippen LogP contribution >= 0.6 is 15.9 Å². The summed E-state index contributed by atoms with van der Waals surface area (Å²) in [4.78, 5) is 13.3. The highest BCUT2D eigenvalue weighted by Gasteiger charge is 2.28. The van der Waals surface area contributed by atoms with Crippen LogP contribution in [0, 0.1) is 11.3 Å². The van der Waals surface area contributed by atoms with E-state index in [0.717, 1.165) is 10.2 Å². The fourth-order valence-corrected chi connectivity index (χ4v) is 2.54. The second kappa shape index (κ2) is 5.38. The van der Waals surface area contributed by atoms with Gasteiger partial charge in [0.05, 0.1) is 30.5 Å². The molecule has 1 saturated heterocycles. The van der Waals surface area contributed by atoms with Crippen LogP contribution in [-0.2, 0) is 9.53 Å². The van der Waals surface area contributed by atoms with Gasteiger partial charge < -0.3 is 15.4 Å². The van der Waals surface area contributed by atoms with Gasteiger partial charge in [0.1, 0.15) is 6.04 Å². The fourth-order valence-electron chi connectivity index (χ4n) is 1.94. The number of hydrogen-bond acceptors (Lipinski definition) is 4. The Morgan fingerprint density at radius 2 is 2.39 bits per heavy atom.